The van der Waals surface area contributed by atoms with Crippen molar-refractivity contribution in [1.29, 1.82) is 0 Å². The van der Waals surface area contributed by atoms with Crippen molar-refractivity contribution in [3.8, 4) is 5.75 Å². The summed E-state index contributed by atoms with van der Waals surface area (Å²) >= 11 is 0. The Hall–Kier alpha value is -2.67. The first-order valence-electron chi connectivity index (χ1n) is 10.1. The number of nitrogens with zero attached hydrogens (tertiary/aromatic N) is 2. The molecular weight excluding hydrogens is 396 g/mol. The van der Waals surface area contributed by atoms with Gasteiger partial charge >= 0.3 is 0 Å². The molecule has 0 aromatic heterocycles. The largest absolute Gasteiger partial charge is 0.497 e. The second-order valence-corrected chi connectivity index (χ2v) is 9.33. The first kappa shape index (κ1) is 20.6. The quantitative estimate of drug-likeness (QED) is 0.605. The van der Waals surface area contributed by atoms with Gasteiger partial charge in [-0.1, -0.05) is 54.6 Å². The normalized spacial score (nSPS) is 16.3. The zero-order valence-corrected chi connectivity index (χ0v) is 17.9. The molecule has 0 unspecified atom stereocenters. The van der Waals surface area contributed by atoms with Crippen molar-refractivity contribution in [3.05, 3.63) is 78.4 Å². The molecule has 0 amide bonds. The van der Waals surface area contributed by atoms with Crippen LogP contribution in [0.2, 0.25) is 0 Å². The summed E-state index contributed by atoms with van der Waals surface area (Å²) in [7, 11) is -1.88. The summed E-state index contributed by atoms with van der Waals surface area (Å²) in [6, 6.07) is 21.1. The van der Waals surface area contributed by atoms with Crippen molar-refractivity contribution in [2.45, 2.75) is 4.90 Å². The minimum absolute atomic E-state index is 0.345. The minimum Gasteiger partial charge on any atom is -0.497 e. The van der Waals surface area contributed by atoms with Gasteiger partial charge in [0.05, 0.1) is 12.0 Å². The molecule has 0 radical (unpaired) electrons. The number of benzene rings is 3. The molecule has 3 aromatic rings. The van der Waals surface area contributed by atoms with Gasteiger partial charge in [-0.25, -0.2) is 8.42 Å². The Labute approximate surface area is 178 Å². The zero-order valence-electron chi connectivity index (χ0n) is 17.1. The van der Waals surface area contributed by atoms with Crippen LogP contribution in [0.3, 0.4) is 0 Å². The number of piperazine rings is 1. The van der Waals surface area contributed by atoms with E-state index in [1.807, 2.05) is 42.5 Å². The fourth-order valence-corrected chi connectivity index (χ4v) is 5.15. The number of fused-ring (bicyclic) bond motifs is 1. The van der Waals surface area contributed by atoms with Gasteiger partial charge in [0.1, 0.15) is 5.75 Å². The van der Waals surface area contributed by atoms with E-state index >= 15 is 0 Å². The van der Waals surface area contributed by atoms with Gasteiger partial charge in [-0.3, -0.25) is 4.90 Å². The SMILES string of the molecule is COc1ccc2cc(S(=O)(=O)N3CCN(C/C=C/c4ccccc4)CC3)ccc2c1. The Kier molecular flexibility index (Phi) is 6.18. The van der Waals surface area contributed by atoms with E-state index in [1.165, 1.54) is 5.56 Å². The van der Waals surface area contributed by atoms with Crippen molar-refractivity contribution in [1.82, 2.24) is 9.21 Å². The maximum Gasteiger partial charge on any atom is 0.243 e. The van der Waals surface area contributed by atoms with E-state index in [0.717, 1.165) is 36.2 Å². The average molecular weight is 423 g/mol. The maximum atomic E-state index is 13.1. The summed E-state index contributed by atoms with van der Waals surface area (Å²) in [6.45, 7) is 3.27. The first-order valence-corrected chi connectivity index (χ1v) is 11.5. The highest BCUT2D eigenvalue weighted by Crippen LogP contribution is 2.25. The highest BCUT2D eigenvalue weighted by atomic mass is 32.2. The number of ether oxygens (including phenoxy) is 1. The predicted molar refractivity (Wildman–Crippen MR) is 121 cm³/mol. The number of hydrogen-bond donors (Lipinski definition) is 0. The minimum atomic E-state index is -3.50. The molecule has 3 aromatic carbocycles. The van der Waals surface area contributed by atoms with E-state index in [9.17, 15) is 8.42 Å². The Morgan fingerprint density at radius 2 is 1.60 bits per heavy atom. The molecule has 1 heterocycles. The molecule has 1 aliphatic rings. The van der Waals surface area contributed by atoms with E-state index < -0.39 is 10.0 Å². The van der Waals surface area contributed by atoms with Crippen LogP contribution in [-0.4, -0.2) is 57.5 Å². The van der Waals surface area contributed by atoms with Crippen molar-refractivity contribution < 1.29 is 13.2 Å². The summed E-state index contributed by atoms with van der Waals surface area (Å²) in [6.07, 6.45) is 4.24. The molecule has 0 aliphatic carbocycles. The first-order chi connectivity index (χ1) is 14.6. The van der Waals surface area contributed by atoms with Crippen LogP contribution >= 0.6 is 0 Å². The molecule has 1 fully saturated rings. The van der Waals surface area contributed by atoms with Gasteiger partial charge in [0.2, 0.25) is 10.0 Å². The molecule has 6 heteroatoms. The van der Waals surface area contributed by atoms with Gasteiger partial charge in [0.25, 0.3) is 0 Å². The lowest BCUT2D eigenvalue weighted by Crippen LogP contribution is -2.48. The molecular formula is C24H26N2O3S. The monoisotopic (exact) mass is 422 g/mol. The Balaban J connectivity index is 1.40. The molecule has 5 nitrogen and oxygen atoms in total. The highest BCUT2D eigenvalue weighted by molar-refractivity contribution is 7.89. The Morgan fingerprint density at radius 3 is 2.33 bits per heavy atom. The third-order valence-electron chi connectivity index (χ3n) is 5.46. The molecule has 1 saturated heterocycles. The summed E-state index contributed by atoms with van der Waals surface area (Å²) < 4.78 is 33.1. The zero-order chi connectivity index (χ0) is 21.0. The Morgan fingerprint density at radius 1 is 0.900 bits per heavy atom. The fourth-order valence-electron chi connectivity index (χ4n) is 3.69. The lowest BCUT2D eigenvalue weighted by Gasteiger charge is -2.33. The predicted octanol–water partition coefficient (Wildman–Crippen LogP) is 3.87. The molecule has 0 bridgehead atoms. The second kappa shape index (κ2) is 9.00. The number of sulfonamides is 1. The number of rotatable bonds is 6. The molecule has 1 aliphatic heterocycles. The average Bonchev–Trinajstić information content (AvgIpc) is 2.79. The second-order valence-electron chi connectivity index (χ2n) is 7.39. The topological polar surface area (TPSA) is 49.9 Å². The molecule has 0 N–H and O–H groups in total. The van der Waals surface area contributed by atoms with Gasteiger partial charge in [-0.2, -0.15) is 4.31 Å². The fraction of sp³-hybridized carbons (Fsp3) is 0.250. The Bertz CT molecular complexity index is 1140. The van der Waals surface area contributed by atoms with Gasteiger partial charge < -0.3 is 4.74 Å². The van der Waals surface area contributed by atoms with Gasteiger partial charge in [0.15, 0.2) is 0 Å². The van der Waals surface area contributed by atoms with Crippen LogP contribution in [0.5, 0.6) is 5.75 Å². The van der Waals surface area contributed by atoms with Crippen LogP contribution in [0, 0.1) is 0 Å². The lowest BCUT2D eigenvalue weighted by molar-refractivity contribution is 0.204. The van der Waals surface area contributed by atoms with Crippen LogP contribution in [-0.2, 0) is 10.0 Å². The summed E-state index contributed by atoms with van der Waals surface area (Å²) in [5.41, 5.74) is 1.17. The van der Waals surface area contributed by atoms with Crippen molar-refractivity contribution in [2.24, 2.45) is 0 Å². The summed E-state index contributed by atoms with van der Waals surface area (Å²) in [5, 5.41) is 1.85. The van der Waals surface area contributed by atoms with Crippen molar-refractivity contribution >= 4 is 26.9 Å². The van der Waals surface area contributed by atoms with Crippen LogP contribution in [0.15, 0.2) is 77.7 Å². The highest BCUT2D eigenvalue weighted by Gasteiger charge is 2.28. The smallest absolute Gasteiger partial charge is 0.243 e. The van der Waals surface area contributed by atoms with E-state index in [1.54, 1.807) is 23.5 Å². The summed E-state index contributed by atoms with van der Waals surface area (Å²) in [5.74, 6) is 0.760. The van der Waals surface area contributed by atoms with Gasteiger partial charge in [-0.05, 0) is 40.6 Å². The van der Waals surface area contributed by atoms with Crippen molar-refractivity contribution in [3.63, 3.8) is 0 Å². The van der Waals surface area contributed by atoms with Gasteiger partial charge in [0, 0.05) is 32.7 Å². The number of methoxy groups -OCH3 is 1. The molecule has 0 atom stereocenters. The van der Waals surface area contributed by atoms with E-state index in [-0.39, 0.29) is 0 Å². The van der Waals surface area contributed by atoms with Crippen LogP contribution in [0.25, 0.3) is 16.8 Å². The van der Waals surface area contributed by atoms with Gasteiger partial charge in [-0.15, -0.1) is 0 Å². The molecule has 30 heavy (non-hydrogen) atoms. The molecule has 4 rings (SSSR count). The molecule has 156 valence electrons. The lowest BCUT2D eigenvalue weighted by atomic mass is 10.1. The van der Waals surface area contributed by atoms with E-state index in [0.29, 0.717) is 18.0 Å². The van der Waals surface area contributed by atoms with E-state index in [2.05, 4.69) is 29.2 Å². The van der Waals surface area contributed by atoms with E-state index in [4.69, 9.17) is 4.74 Å². The van der Waals surface area contributed by atoms with Crippen LogP contribution < -0.4 is 4.74 Å². The van der Waals surface area contributed by atoms with Crippen molar-refractivity contribution in [2.75, 3.05) is 39.8 Å². The summed E-state index contributed by atoms with van der Waals surface area (Å²) in [4.78, 5) is 2.62. The molecule has 0 spiro atoms. The standard InChI is InChI=1S/C24H26N2O3S/c1-29-23-11-9-22-19-24(12-10-21(22)18-23)30(27,28)26-16-14-25(15-17-26)13-5-8-20-6-3-2-4-7-20/h2-12,18-19H,13-17H2,1H3/b8-5+. The van der Waals surface area contributed by atoms with Crippen LogP contribution in [0.1, 0.15) is 5.56 Å². The third kappa shape index (κ3) is 4.56. The van der Waals surface area contributed by atoms with Crippen LogP contribution in [0.4, 0.5) is 0 Å². The third-order valence-corrected chi connectivity index (χ3v) is 7.36. The maximum absolute atomic E-state index is 13.1. The number of hydrogen-bond acceptors (Lipinski definition) is 4. The molecule has 0 saturated carbocycles.